The van der Waals surface area contributed by atoms with E-state index in [2.05, 4.69) is 16.4 Å². The van der Waals surface area contributed by atoms with E-state index in [9.17, 15) is 0 Å². The molecule has 0 unspecified atom stereocenters. The molecule has 1 aliphatic heterocycles. The van der Waals surface area contributed by atoms with Gasteiger partial charge in [-0.25, -0.2) is 4.98 Å². The van der Waals surface area contributed by atoms with Gasteiger partial charge in [0.2, 0.25) is 5.89 Å². The lowest BCUT2D eigenvalue weighted by Gasteiger charge is -2.00. The Bertz CT molecular complexity index is 602. The van der Waals surface area contributed by atoms with Crippen molar-refractivity contribution >= 4 is 0 Å². The van der Waals surface area contributed by atoms with Crippen LogP contribution in [-0.4, -0.2) is 17.6 Å². The Morgan fingerprint density at radius 1 is 1.32 bits per heavy atom. The lowest BCUT2D eigenvalue weighted by atomic mass is 10.1. The summed E-state index contributed by atoms with van der Waals surface area (Å²) in [4.78, 5) is 4.54. The summed E-state index contributed by atoms with van der Waals surface area (Å²) in [5.41, 5.74) is 3.24. The fourth-order valence-electron chi connectivity index (χ4n) is 2.38. The molecular formula is C15H16N2O2. The Morgan fingerprint density at radius 2 is 2.26 bits per heavy atom. The third-order valence-corrected chi connectivity index (χ3v) is 3.64. The fourth-order valence-corrected chi connectivity index (χ4v) is 2.38. The number of rotatable bonds is 4. The number of nitrogens with zero attached hydrogens (tertiary/aromatic N) is 1. The Morgan fingerprint density at radius 3 is 3.16 bits per heavy atom. The van der Waals surface area contributed by atoms with Crippen molar-refractivity contribution in [1.29, 1.82) is 0 Å². The van der Waals surface area contributed by atoms with Crippen molar-refractivity contribution in [3.63, 3.8) is 0 Å². The standard InChI is InChI=1S/C15H16N2O2/c1-4-14-10(5-6-18-14)7-11(1)15-17-13(9-19-15)8-16-12-2-3-12/h1,4,7,9,12,16H,2-3,5-6,8H2. The highest BCUT2D eigenvalue weighted by Gasteiger charge is 2.21. The predicted molar refractivity (Wildman–Crippen MR) is 71.0 cm³/mol. The van der Waals surface area contributed by atoms with E-state index in [-0.39, 0.29) is 0 Å². The molecule has 0 atom stereocenters. The van der Waals surface area contributed by atoms with Crippen LogP contribution in [0.5, 0.6) is 5.75 Å². The molecule has 1 N–H and O–H groups in total. The first-order valence-corrected chi connectivity index (χ1v) is 6.82. The molecule has 19 heavy (non-hydrogen) atoms. The molecule has 0 radical (unpaired) electrons. The van der Waals surface area contributed by atoms with Gasteiger partial charge in [-0.1, -0.05) is 0 Å². The summed E-state index contributed by atoms with van der Waals surface area (Å²) in [6.45, 7) is 1.57. The molecule has 4 nitrogen and oxygen atoms in total. The number of nitrogens with one attached hydrogen (secondary N) is 1. The van der Waals surface area contributed by atoms with E-state index in [1.165, 1.54) is 18.4 Å². The molecule has 1 saturated carbocycles. The molecule has 1 fully saturated rings. The molecule has 2 aromatic rings. The molecule has 0 spiro atoms. The van der Waals surface area contributed by atoms with Crippen LogP contribution in [0.4, 0.5) is 0 Å². The van der Waals surface area contributed by atoms with E-state index in [0.29, 0.717) is 11.9 Å². The SMILES string of the molecule is c1cc2c(cc1-c1nc(CNC3CC3)co1)CCO2. The van der Waals surface area contributed by atoms with Gasteiger partial charge in [-0.05, 0) is 36.6 Å². The first-order valence-electron chi connectivity index (χ1n) is 6.82. The minimum absolute atomic E-state index is 0.692. The van der Waals surface area contributed by atoms with Crippen molar-refractivity contribution in [3.8, 4) is 17.2 Å². The van der Waals surface area contributed by atoms with Crippen molar-refractivity contribution in [2.24, 2.45) is 0 Å². The Kier molecular flexibility index (Phi) is 2.55. The van der Waals surface area contributed by atoms with Gasteiger partial charge in [0, 0.05) is 24.6 Å². The Balaban J connectivity index is 1.54. The summed E-state index contributed by atoms with van der Waals surface area (Å²) >= 11 is 0. The number of aromatic nitrogens is 1. The molecule has 0 amide bonds. The van der Waals surface area contributed by atoms with Crippen molar-refractivity contribution in [2.75, 3.05) is 6.61 Å². The predicted octanol–water partition coefficient (Wildman–Crippen LogP) is 2.53. The van der Waals surface area contributed by atoms with Crippen LogP contribution in [-0.2, 0) is 13.0 Å². The van der Waals surface area contributed by atoms with E-state index in [4.69, 9.17) is 9.15 Å². The molecule has 2 aliphatic rings. The number of ether oxygens (including phenoxy) is 1. The van der Waals surface area contributed by atoms with Crippen LogP contribution < -0.4 is 10.1 Å². The molecule has 0 saturated heterocycles. The minimum atomic E-state index is 0.692. The number of fused-ring (bicyclic) bond motifs is 1. The normalized spacial score (nSPS) is 17.3. The molecule has 1 aliphatic carbocycles. The Hall–Kier alpha value is -1.81. The highest BCUT2D eigenvalue weighted by molar-refractivity contribution is 5.58. The molecule has 1 aromatic carbocycles. The summed E-state index contributed by atoms with van der Waals surface area (Å²) < 4.78 is 11.1. The molecule has 0 bridgehead atoms. The third-order valence-electron chi connectivity index (χ3n) is 3.64. The van der Waals surface area contributed by atoms with Crippen LogP contribution in [0.15, 0.2) is 28.9 Å². The monoisotopic (exact) mass is 256 g/mol. The van der Waals surface area contributed by atoms with E-state index >= 15 is 0 Å². The lowest BCUT2D eigenvalue weighted by Crippen LogP contribution is -2.15. The second-order valence-corrected chi connectivity index (χ2v) is 5.22. The van der Waals surface area contributed by atoms with Gasteiger partial charge in [0.25, 0.3) is 0 Å². The molecule has 98 valence electrons. The topological polar surface area (TPSA) is 47.3 Å². The van der Waals surface area contributed by atoms with Crippen LogP contribution in [0.2, 0.25) is 0 Å². The fraction of sp³-hybridized carbons (Fsp3) is 0.400. The highest BCUT2D eigenvalue weighted by atomic mass is 16.5. The second kappa shape index (κ2) is 4.38. The van der Waals surface area contributed by atoms with Gasteiger partial charge in [0.1, 0.15) is 12.0 Å². The molecular weight excluding hydrogens is 240 g/mol. The van der Waals surface area contributed by atoms with Gasteiger partial charge in [-0.15, -0.1) is 0 Å². The second-order valence-electron chi connectivity index (χ2n) is 5.22. The van der Waals surface area contributed by atoms with Gasteiger partial charge in [-0.2, -0.15) is 0 Å². The van der Waals surface area contributed by atoms with Gasteiger partial charge < -0.3 is 14.5 Å². The van der Waals surface area contributed by atoms with Gasteiger partial charge in [0.05, 0.1) is 12.3 Å². The van der Waals surface area contributed by atoms with Crippen molar-refractivity contribution < 1.29 is 9.15 Å². The quantitative estimate of drug-likeness (QED) is 0.913. The van der Waals surface area contributed by atoms with Gasteiger partial charge in [0.15, 0.2) is 0 Å². The van der Waals surface area contributed by atoms with E-state index in [1.54, 1.807) is 6.26 Å². The first kappa shape index (κ1) is 11.1. The van der Waals surface area contributed by atoms with E-state index in [0.717, 1.165) is 36.6 Å². The maximum Gasteiger partial charge on any atom is 0.226 e. The maximum atomic E-state index is 5.57. The van der Waals surface area contributed by atoms with E-state index in [1.807, 2.05) is 12.1 Å². The minimum Gasteiger partial charge on any atom is -0.493 e. The summed E-state index contributed by atoms with van der Waals surface area (Å²) in [6.07, 6.45) is 5.29. The number of oxazole rings is 1. The summed E-state index contributed by atoms with van der Waals surface area (Å²) in [5.74, 6) is 1.69. The largest absolute Gasteiger partial charge is 0.493 e. The van der Waals surface area contributed by atoms with Crippen LogP contribution in [0.1, 0.15) is 24.1 Å². The zero-order valence-electron chi connectivity index (χ0n) is 10.7. The van der Waals surface area contributed by atoms with Crippen LogP contribution in [0.25, 0.3) is 11.5 Å². The summed E-state index contributed by atoms with van der Waals surface area (Å²) in [6, 6.07) is 6.82. The zero-order chi connectivity index (χ0) is 12.7. The molecule has 4 heteroatoms. The molecule has 1 aromatic heterocycles. The van der Waals surface area contributed by atoms with E-state index < -0.39 is 0 Å². The van der Waals surface area contributed by atoms with Crippen LogP contribution in [0.3, 0.4) is 0 Å². The van der Waals surface area contributed by atoms with Crippen molar-refractivity contribution in [3.05, 3.63) is 35.7 Å². The number of hydrogen-bond donors (Lipinski definition) is 1. The maximum absolute atomic E-state index is 5.57. The third kappa shape index (κ3) is 2.24. The first-order chi connectivity index (χ1) is 9.38. The van der Waals surface area contributed by atoms with Crippen molar-refractivity contribution in [1.82, 2.24) is 10.3 Å². The van der Waals surface area contributed by atoms with Crippen LogP contribution >= 0.6 is 0 Å². The van der Waals surface area contributed by atoms with Crippen molar-refractivity contribution in [2.45, 2.75) is 31.8 Å². The van der Waals surface area contributed by atoms with Crippen LogP contribution in [0, 0.1) is 0 Å². The lowest BCUT2D eigenvalue weighted by molar-refractivity contribution is 0.357. The average molecular weight is 256 g/mol. The Labute approximate surface area is 111 Å². The van der Waals surface area contributed by atoms with Gasteiger partial charge >= 0.3 is 0 Å². The average Bonchev–Trinajstić information content (AvgIpc) is 2.96. The van der Waals surface area contributed by atoms with Gasteiger partial charge in [-0.3, -0.25) is 0 Å². The number of benzene rings is 1. The zero-order valence-corrected chi connectivity index (χ0v) is 10.7. The summed E-state index contributed by atoms with van der Waals surface area (Å²) in [5, 5.41) is 3.44. The summed E-state index contributed by atoms with van der Waals surface area (Å²) in [7, 11) is 0. The number of hydrogen-bond acceptors (Lipinski definition) is 4. The smallest absolute Gasteiger partial charge is 0.226 e. The molecule has 4 rings (SSSR count). The molecule has 2 heterocycles. The highest BCUT2D eigenvalue weighted by Crippen LogP contribution is 2.30.